The highest BCUT2D eigenvalue weighted by Gasteiger charge is 2.54. The molecular formula is C30H50O25. The van der Waals surface area contributed by atoms with Crippen LogP contribution in [-0.4, -0.2) is 243 Å². The molecule has 4 fully saturated rings. The fourth-order valence-corrected chi connectivity index (χ4v) is 6.32. The van der Waals surface area contributed by atoms with Crippen LogP contribution < -0.4 is 0 Å². The van der Waals surface area contributed by atoms with Crippen LogP contribution >= 0.6 is 0 Å². The molecule has 25 heteroatoms. The summed E-state index contributed by atoms with van der Waals surface area (Å²) < 4.78 is 43.3. The van der Waals surface area contributed by atoms with Crippen LogP contribution in [0.25, 0.3) is 0 Å². The Morgan fingerprint density at radius 3 is 1.53 bits per heavy atom. The molecule has 25 nitrogen and oxygen atoms in total. The maximum Gasteiger partial charge on any atom is 0.308 e. The number of rotatable bonds is 15. The van der Waals surface area contributed by atoms with Crippen molar-refractivity contribution < 1.29 is 124 Å². The Kier molecular flexibility index (Phi) is 16.0. The Morgan fingerprint density at radius 1 is 0.545 bits per heavy atom. The van der Waals surface area contributed by atoms with Gasteiger partial charge in [0.05, 0.1) is 38.3 Å². The van der Waals surface area contributed by atoms with Gasteiger partial charge in [-0.05, 0) is 6.92 Å². The van der Waals surface area contributed by atoms with E-state index in [9.17, 15) is 81.1 Å². The molecule has 0 aliphatic carbocycles. The lowest BCUT2D eigenvalue weighted by Gasteiger charge is -2.47. The zero-order valence-corrected chi connectivity index (χ0v) is 29.1. The molecule has 320 valence electrons. The second-order valence-corrected chi connectivity index (χ2v) is 13.9. The summed E-state index contributed by atoms with van der Waals surface area (Å²) in [6.45, 7) is -2.38. The van der Waals surface area contributed by atoms with Crippen molar-refractivity contribution in [3.63, 3.8) is 0 Å². The van der Waals surface area contributed by atoms with Crippen molar-refractivity contribution in [1.82, 2.24) is 0 Å². The van der Waals surface area contributed by atoms with E-state index in [2.05, 4.69) is 0 Å². The highest BCUT2D eigenvalue weighted by atomic mass is 16.8. The van der Waals surface area contributed by atoms with Gasteiger partial charge in [-0.1, -0.05) is 0 Å². The maximum atomic E-state index is 12.4. The molecule has 0 saturated carbocycles. The van der Waals surface area contributed by atoms with Crippen LogP contribution in [-0.2, 0) is 47.5 Å². The highest BCUT2D eigenvalue weighted by molar-refractivity contribution is 5.73. The Bertz CT molecular complexity index is 1240. The summed E-state index contributed by atoms with van der Waals surface area (Å²) in [5.74, 6) is -2.57. The van der Waals surface area contributed by atoms with Crippen LogP contribution in [0.5, 0.6) is 0 Å². The number of carboxylic acid groups (broad SMARTS) is 1. The lowest BCUT2D eigenvalue weighted by Crippen LogP contribution is -2.66. The molecule has 4 heterocycles. The fourth-order valence-electron chi connectivity index (χ4n) is 6.32. The Morgan fingerprint density at radius 2 is 1.02 bits per heavy atom. The van der Waals surface area contributed by atoms with Gasteiger partial charge in [0.25, 0.3) is 0 Å². The average molecular weight is 811 g/mol. The predicted molar refractivity (Wildman–Crippen MR) is 165 cm³/mol. The lowest BCUT2D eigenvalue weighted by molar-refractivity contribution is -0.377. The van der Waals surface area contributed by atoms with Gasteiger partial charge in [-0.2, -0.15) is 0 Å². The third-order valence-corrected chi connectivity index (χ3v) is 9.48. The zero-order chi connectivity index (χ0) is 41.1. The van der Waals surface area contributed by atoms with E-state index in [1.807, 2.05) is 0 Å². The number of hydrogen-bond donors (Lipinski definition) is 15. The van der Waals surface area contributed by atoms with E-state index in [4.69, 9.17) is 43.0 Å². The first-order chi connectivity index (χ1) is 25.7. The first kappa shape index (κ1) is 45.8. The summed E-state index contributed by atoms with van der Waals surface area (Å²) in [6.07, 6.45) is -39.2. The van der Waals surface area contributed by atoms with Crippen molar-refractivity contribution in [2.75, 3.05) is 26.4 Å². The minimum atomic E-state index is -2.13. The predicted octanol–water partition coefficient (Wildman–Crippen LogP) is -9.58. The van der Waals surface area contributed by atoms with Crippen molar-refractivity contribution in [1.29, 1.82) is 0 Å². The number of carboxylic acids is 1. The summed E-state index contributed by atoms with van der Waals surface area (Å²) in [4.78, 5) is 23.4. The van der Waals surface area contributed by atoms with Gasteiger partial charge in [0, 0.05) is 0 Å². The van der Waals surface area contributed by atoms with E-state index >= 15 is 0 Å². The number of aliphatic hydroxyl groups excluding tert-OH is 13. The Balaban J connectivity index is 1.52. The SMILES string of the molecule is C[C@](O)(CC(=O)O)CC(=O)OC[C@H]1O[C@@H](OC[C@H]2O[C@@H](O)[C@H](O)[C@@H](O[C@@H]3O[C@H](CO)[C@@H](O)[C@H](O)[C@H]3O)[C@@H]2O)[C@H](O[C@@H]2O[C@H](CO)[C@@H](O)[C@H](O)[C@H]2O)[C@@H](O)[C@@H]1O. The van der Waals surface area contributed by atoms with Crippen molar-refractivity contribution in [2.45, 2.75) is 148 Å². The molecule has 55 heavy (non-hydrogen) atoms. The first-order valence-corrected chi connectivity index (χ1v) is 17.1. The molecule has 0 amide bonds. The summed E-state index contributed by atoms with van der Waals surface area (Å²) in [5, 5.41) is 154. The smallest absolute Gasteiger partial charge is 0.308 e. The number of carbonyl (C=O) groups is 2. The second-order valence-electron chi connectivity index (χ2n) is 13.9. The zero-order valence-electron chi connectivity index (χ0n) is 29.1. The molecule has 0 radical (unpaired) electrons. The van der Waals surface area contributed by atoms with Gasteiger partial charge in [0.1, 0.15) is 104 Å². The van der Waals surface area contributed by atoms with Crippen LogP contribution in [0.1, 0.15) is 19.8 Å². The molecule has 4 rings (SSSR count). The van der Waals surface area contributed by atoms with Gasteiger partial charge in [0.15, 0.2) is 25.2 Å². The maximum absolute atomic E-state index is 12.4. The van der Waals surface area contributed by atoms with Crippen LogP contribution in [0.15, 0.2) is 0 Å². The molecule has 0 bridgehead atoms. The van der Waals surface area contributed by atoms with Gasteiger partial charge in [0.2, 0.25) is 0 Å². The van der Waals surface area contributed by atoms with E-state index in [1.54, 1.807) is 0 Å². The van der Waals surface area contributed by atoms with E-state index in [0.717, 1.165) is 6.92 Å². The largest absolute Gasteiger partial charge is 0.481 e. The van der Waals surface area contributed by atoms with Crippen LogP contribution in [0.3, 0.4) is 0 Å². The molecule has 4 aliphatic rings. The van der Waals surface area contributed by atoms with Gasteiger partial charge >= 0.3 is 11.9 Å². The molecular weight excluding hydrogens is 760 g/mol. The van der Waals surface area contributed by atoms with Crippen molar-refractivity contribution >= 4 is 11.9 Å². The van der Waals surface area contributed by atoms with E-state index in [1.165, 1.54) is 0 Å². The monoisotopic (exact) mass is 810 g/mol. The topological polar surface area (TPSA) is 411 Å². The molecule has 21 atom stereocenters. The number of aliphatic hydroxyl groups is 14. The van der Waals surface area contributed by atoms with Crippen LogP contribution in [0, 0.1) is 0 Å². The Labute approximate surface area is 310 Å². The minimum absolute atomic E-state index is 0.815. The normalized spacial score (nSPS) is 46.5. The third kappa shape index (κ3) is 10.8. The molecule has 4 aliphatic heterocycles. The first-order valence-electron chi connectivity index (χ1n) is 17.1. The summed E-state index contributed by atoms with van der Waals surface area (Å²) >= 11 is 0. The number of ether oxygens (including phenoxy) is 8. The second kappa shape index (κ2) is 19.2. The van der Waals surface area contributed by atoms with Gasteiger partial charge in [-0.3, -0.25) is 9.59 Å². The van der Waals surface area contributed by atoms with Crippen LogP contribution in [0.4, 0.5) is 0 Å². The van der Waals surface area contributed by atoms with Crippen LogP contribution in [0.2, 0.25) is 0 Å². The van der Waals surface area contributed by atoms with Crippen molar-refractivity contribution in [2.24, 2.45) is 0 Å². The molecule has 0 unspecified atom stereocenters. The molecule has 0 spiro atoms. The molecule has 0 aromatic carbocycles. The quantitative estimate of drug-likeness (QED) is 0.0683. The van der Waals surface area contributed by atoms with Crippen molar-refractivity contribution in [3.8, 4) is 0 Å². The highest BCUT2D eigenvalue weighted by Crippen LogP contribution is 2.33. The number of esters is 1. The number of aliphatic carboxylic acids is 1. The Hall–Kier alpha value is -1.90. The van der Waals surface area contributed by atoms with Gasteiger partial charge in [-0.15, -0.1) is 0 Å². The number of carbonyl (C=O) groups excluding carboxylic acids is 1. The summed E-state index contributed by atoms with van der Waals surface area (Å²) in [6, 6.07) is 0. The molecule has 15 N–H and O–H groups in total. The lowest BCUT2D eigenvalue weighted by atomic mass is 9.96. The standard InChI is InChI=1S/C30H50O25/c1-30(47,2-12(33)34)3-13(35)48-6-10-16(38)20(42)25(55-28-22(44)19(41)15(37)9(5-32)52-28)29(53-10)49-7-11-17(39)24(23(45)26(46)50-11)54-27-21(43)18(40)14(36)8(4-31)51-27/h8-11,14-29,31-32,36-47H,2-7H2,1H3,(H,33,34)/t8-,9-,10-,11-,14-,15-,16-,17-,18+,19+,20+,21-,22-,23-,24+,25-,26-,27+,28+,29-,30+/m1/s1. The van der Waals surface area contributed by atoms with Gasteiger partial charge in [-0.25, -0.2) is 0 Å². The third-order valence-electron chi connectivity index (χ3n) is 9.48. The fraction of sp³-hybridized carbons (Fsp3) is 0.933. The van der Waals surface area contributed by atoms with Crippen molar-refractivity contribution in [3.05, 3.63) is 0 Å². The molecule has 0 aromatic rings. The minimum Gasteiger partial charge on any atom is -0.481 e. The molecule has 4 saturated heterocycles. The number of hydrogen-bond acceptors (Lipinski definition) is 24. The van der Waals surface area contributed by atoms with E-state index in [-0.39, 0.29) is 0 Å². The van der Waals surface area contributed by atoms with Gasteiger partial charge < -0.3 is 114 Å². The summed E-state index contributed by atoms with van der Waals surface area (Å²) in [5.41, 5.74) is -2.03. The molecule has 0 aromatic heterocycles. The summed E-state index contributed by atoms with van der Waals surface area (Å²) in [7, 11) is 0. The average Bonchev–Trinajstić information content (AvgIpc) is 3.12. The van der Waals surface area contributed by atoms with E-state index in [0.29, 0.717) is 0 Å². The van der Waals surface area contributed by atoms with E-state index < -0.39 is 180 Å².